The van der Waals surface area contributed by atoms with Gasteiger partial charge in [-0.15, -0.1) is 11.8 Å². The molecule has 2 rings (SSSR count). The van der Waals surface area contributed by atoms with Crippen LogP contribution in [0.1, 0.15) is 23.1 Å². The van der Waals surface area contributed by atoms with E-state index in [4.69, 9.17) is 0 Å². The molecular weight excluding hydrogens is 336 g/mol. The quantitative estimate of drug-likeness (QED) is 0.419. The zero-order chi connectivity index (χ0) is 18.1. The predicted molar refractivity (Wildman–Crippen MR) is 102 cm³/mol. The Labute approximate surface area is 152 Å². The van der Waals surface area contributed by atoms with Crippen LogP contribution in [0.4, 0.5) is 5.69 Å². The molecule has 0 aliphatic rings. The average Bonchev–Trinajstić information content (AvgIpc) is 2.61. The van der Waals surface area contributed by atoms with Gasteiger partial charge in [0.25, 0.3) is 5.69 Å². The smallest absolute Gasteiger partial charge is 0.269 e. The van der Waals surface area contributed by atoms with Crippen LogP contribution in [0.5, 0.6) is 0 Å². The molecule has 0 aromatic heterocycles. The van der Waals surface area contributed by atoms with Gasteiger partial charge in [-0.05, 0) is 30.9 Å². The molecule has 0 radical (unpaired) electrons. The summed E-state index contributed by atoms with van der Waals surface area (Å²) in [4.78, 5) is 22.0. The third-order valence-corrected chi connectivity index (χ3v) is 4.74. The van der Waals surface area contributed by atoms with Gasteiger partial charge in [-0.1, -0.05) is 42.0 Å². The number of rotatable bonds is 9. The van der Waals surface area contributed by atoms with Crippen molar-refractivity contribution < 1.29 is 9.72 Å². The molecular formula is C19H22N2O3S. The first kappa shape index (κ1) is 19.0. The van der Waals surface area contributed by atoms with Gasteiger partial charge in [0.1, 0.15) is 0 Å². The Kier molecular flexibility index (Phi) is 7.47. The Hall–Kier alpha value is -2.34. The van der Waals surface area contributed by atoms with Crippen LogP contribution in [0.15, 0.2) is 48.5 Å². The predicted octanol–water partition coefficient (Wildman–Crippen LogP) is 3.89. The lowest BCUT2D eigenvalue weighted by Crippen LogP contribution is -2.26. The second-order valence-corrected chi connectivity index (χ2v) is 6.84. The number of nitro benzene ring substituents is 1. The van der Waals surface area contributed by atoms with Crippen LogP contribution in [-0.4, -0.2) is 23.1 Å². The number of hydrogen-bond donors (Lipinski definition) is 1. The summed E-state index contributed by atoms with van der Waals surface area (Å²) in [6, 6.07) is 14.9. The molecule has 0 fully saturated rings. The molecule has 0 aliphatic carbocycles. The van der Waals surface area contributed by atoms with Gasteiger partial charge in [0.05, 0.1) is 10.7 Å². The van der Waals surface area contributed by atoms with Crippen molar-refractivity contribution in [3.63, 3.8) is 0 Å². The lowest BCUT2D eigenvalue weighted by atomic mass is 10.1. The van der Waals surface area contributed by atoms with Crippen LogP contribution in [0, 0.1) is 17.0 Å². The number of nitrogens with one attached hydrogen (secondary N) is 1. The maximum absolute atomic E-state index is 11.8. The van der Waals surface area contributed by atoms with E-state index in [1.165, 1.54) is 35.0 Å². The Balaban J connectivity index is 1.59. The molecule has 2 aromatic carbocycles. The molecule has 0 unspecified atom stereocenters. The van der Waals surface area contributed by atoms with Crippen molar-refractivity contribution in [2.75, 3.05) is 12.3 Å². The Morgan fingerprint density at radius 1 is 1.08 bits per heavy atom. The SMILES string of the molecule is Cc1ccc(CCCNC(=O)CSCc2ccc([N+](=O)[O-])cc2)cc1. The third kappa shape index (κ3) is 6.97. The first-order valence-electron chi connectivity index (χ1n) is 8.18. The van der Waals surface area contributed by atoms with Gasteiger partial charge in [-0.25, -0.2) is 0 Å². The minimum atomic E-state index is -0.416. The topological polar surface area (TPSA) is 72.2 Å². The number of thioether (sulfide) groups is 1. The molecule has 0 saturated carbocycles. The Morgan fingerprint density at radius 3 is 2.36 bits per heavy atom. The van der Waals surface area contributed by atoms with E-state index in [-0.39, 0.29) is 11.6 Å². The first-order chi connectivity index (χ1) is 12.0. The van der Waals surface area contributed by atoms with Crippen molar-refractivity contribution in [1.82, 2.24) is 5.32 Å². The summed E-state index contributed by atoms with van der Waals surface area (Å²) in [6.07, 6.45) is 1.87. The van der Waals surface area contributed by atoms with Crippen molar-refractivity contribution >= 4 is 23.4 Å². The fourth-order valence-corrected chi connectivity index (χ4v) is 3.12. The van der Waals surface area contributed by atoms with Gasteiger partial charge in [-0.3, -0.25) is 14.9 Å². The van der Waals surface area contributed by atoms with E-state index in [2.05, 4.69) is 36.5 Å². The molecule has 25 heavy (non-hydrogen) atoms. The summed E-state index contributed by atoms with van der Waals surface area (Å²) >= 11 is 1.50. The molecule has 6 heteroatoms. The molecule has 0 saturated heterocycles. The minimum absolute atomic E-state index is 0.0239. The number of carbonyl (C=O) groups is 1. The van der Waals surface area contributed by atoms with Gasteiger partial charge >= 0.3 is 0 Å². The molecule has 1 amide bonds. The van der Waals surface area contributed by atoms with Crippen LogP contribution in [0.3, 0.4) is 0 Å². The lowest BCUT2D eigenvalue weighted by molar-refractivity contribution is -0.384. The van der Waals surface area contributed by atoms with E-state index in [9.17, 15) is 14.9 Å². The van der Waals surface area contributed by atoms with Crippen LogP contribution >= 0.6 is 11.8 Å². The van der Waals surface area contributed by atoms with Crippen LogP contribution in [-0.2, 0) is 17.0 Å². The standard InChI is InChI=1S/C19H22N2O3S/c1-15-4-6-16(7-5-15)3-2-12-20-19(22)14-25-13-17-8-10-18(11-9-17)21(23)24/h4-11H,2-3,12-14H2,1H3,(H,20,22). The summed E-state index contributed by atoms with van der Waals surface area (Å²) in [5, 5.41) is 13.5. The van der Waals surface area contributed by atoms with Crippen molar-refractivity contribution in [1.29, 1.82) is 0 Å². The molecule has 5 nitrogen and oxygen atoms in total. The molecule has 1 N–H and O–H groups in total. The van der Waals surface area contributed by atoms with Crippen LogP contribution < -0.4 is 5.32 Å². The number of nitrogens with zero attached hydrogens (tertiary/aromatic N) is 1. The number of non-ortho nitro benzene ring substituents is 1. The third-order valence-electron chi connectivity index (χ3n) is 3.73. The number of hydrogen-bond acceptors (Lipinski definition) is 4. The Bertz CT molecular complexity index is 700. The van der Waals surface area contributed by atoms with Gasteiger partial charge in [0.2, 0.25) is 5.91 Å². The van der Waals surface area contributed by atoms with E-state index in [0.717, 1.165) is 18.4 Å². The van der Waals surface area contributed by atoms with Crippen molar-refractivity contribution in [2.45, 2.75) is 25.5 Å². The fraction of sp³-hybridized carbons (Fsp3) is 0.316. The van der Waals surface area contributed by atoms with Gasteiger partial charge in [0, 0.05) is 24.4 Å². The highest BCUT2D eigenvalue weighted by Crippen LogP contribution is 2.16. The van der Waals surface area contributed by atoms with E-state index in [0.29, 0.717) is 18.1 Å². The van der Waals surface area contributed by atoms with E-state index in [1.54, 1.807) is 12.1 Å². The molecule has 2 aromatic rings. The second kappa shape index (κ2) is 9.84. The first-order valence-corrected chi connectivity index (χ1v) is 9.33. The lowest BCUT2D eigenvalue weighted by Gasteiger charge is -2.06. The molecule has 0 heterocycles. The van der Waals surface area contributed by atoms with E-state index < -0.39 is 4.92 Å². The summed E-state index contributed by atoms with van der Waals surface area (Å²) in [5.41, 5.74) is 3.59. The van der Waals surface area contributed by atoms with Gasteiger partial charge in [0.15, 0.2) is 0 Å². The van der Waals surface area contributed by atoms with E-state index >= 15 is 0 Å². The maximum Gasteiger partial charge on any atom is 0.269 e. The zero-order valence-corrected chi connectivity index (χ0v) is 15.1. The Morgan fingerprint density at radius 2 is 1.72 bits per heavy atom. The zero-order valence-electron chi connectivity index (χ0n) is 14.2. The van der Waals surface area contributed by atoms with Gasteiger partial charge < -0.3 is 5.32 Å². The molecule has 0 atom stereocenters. The summed E-state index contributed by atoms with van der Waals surface area (Å²) in [7, 11) is 0. The summed E-state index contributed by atoms with van der Waals surface area (Å²) < 4.78 is 0. The van der Waals surface area contributed by atoms with Crippen LogP contribution in [0.2, 0.25) is 0 Å². The van der Waals surface area contributed by atoms with Crippen LogP contribution in [0.25, 0.3) is 0 Å². The van der Waals surface area contributed by atoms with Crippen molar-refractivity contribution in [3.8, 4) is 0 Å². The number of benzene rings is 2. The van der Waals surface area contributed by atoms with Crippen molar-refractivity contribution in [3.05, 3.63) is 75.3 Å². The van der Waals surface area contributed by atoms with Crippen molar-refractivity contribution in [2.24, 2.45) is 0 Å². The fourth-order valence-electron chi connectivity index (χ4n) is 2.30. The molecule has 0 bridgehead atoms. The summed E-state index contributed by atoms with van der Waals surface area (Å²) in [5.74, 6) is 1.08. The highest BCUT2D eigenvalue weighted by molar-refractivity contribution is 7.99. The monoisotopic (exact) mass is 358 g/mol. The summed E-state index contributed by atoms with van der Waals surface area (Å²) in [6.45, 7) is 2.74. The highest BCUT2D eigenvalue weighted by Gasteiger charge is 2.05. The highest BCUT2D eigenvalue weighted by atomic mass is 32.2. The minimum Gasteiger partial charge on any atom is -0.355 e. The van der Waals surface area contributed by atoms with E-state index in [1.807, 2.05) is 0 Å². The molecule has 0 spiro atoms. The second-order valence-electron chi connectivity index (χ2n) is 5.86. The number of amides is 1. The number of nitro groups is 1. The largest absolute Gasteiger partial charge is 0.355 e. The normalized spacial score (nSPS) is 10.4. The molecule has 132 valence electrons. The number of carbonyl (C=O) groups excluding carboxylic acids is 1. The average molecular weight is 358 g/mol. The maximum atomic E-state index is 11.8. The van der Waals surface area contributed by atoms with Gasteiger partial charge in [-0.2, -0.15) is 0 Å². The molecule has 0 aliphatic heterocycles. The number of aryl methyl sites for hydroxylation is 2.